The van der Waals surface area contributed by atoms with Gasteiger partial charge in [0, 0.05) is 29.2 Å². The molecule has 3 rings (SSSR count). The highest BCUT2D eigenvalue weighted by Gasteiger charge is 2.09. The third kappa shape index (κ3) is 4.95. The summed E-state index contributed by atoms with van der Waals surface area (Å²) in [6.07, 6.45) is 3.61. The smallest absolute Gasteiger partial charge is 0.306 e. The molecule has 0 fully saturated rings. The Morgan fingerprint density at radius 1 is 1.15 bits per heavy atom. The summed E-state index contributed by atoms with van der Waals surface area (Å²) in [5, 5.41) is 12.6. The maximum absolute atomic E-state index is 11.8. The van der Waals surface area contributed by atoms with E-state index in [0.717, 1.165) is 22.9 Å². The van der Waals surface area contributed by atoms with Crippen LogP contribution in [-0.2, 0) is 20.7 Å². The first kappa shape index (κ1) is 18.2. The molecule has 0 aliphatic heterocycles. The van der Waals surface area contributed by atoms with Gasteiger partial charge in [-0.25, -0.2) is 0 Å². The van der Waals surface area contributed by atoms with Crippen LogP contribution >= 0.6 is 0 Å². The molecule has 2 aromatic carbocycles. The van der Waals surface area contributed by atoms with Crippen molar-refractivity contribution < 1.29 is 14.3 Å². The van der Waals surface area contributed by atoms with E-state index in [2.05, 4.69) is 10.3 Å². The molecule has 0 aliphatic rings. The summed E-state index contributed by atoms with van der Waals surface area (Å²) in [5.74, 6) is -0.842. The largest absolute Gasteiger partial charge is 0.456 e. The molecule has 136 valence electrons. The van der Waals surface area contributed by atoms with Gasteiger partial charge >= 0.3 is 5.97 Å². The number of carbonyl (C=O) groups is 2. The zero-order valence-electron chi connectivity index (χ0n) is 14.7. The summed E-state index contributed by atoms with van der Waals surface area (Å²) in [6, 6.07) is 16.6. The molecule has 27 heavy (non-hydrogen) atoms. The molecule has 3 aromatic rings. The Bertz CT molecular complexity index is 1000. The van der Waals surface area contributed by atoms with Gasteiger partial charge in [0.25, 0.3) is 5.91 Å². The number of aryl methyl sites for hydroxylation is 1. The number of nitrogens with zero attached hydrogens (tertiary/aromatic N) is 1. The number of aromatic amines is 1. The number of hydrogen-bond acceptors (Lipinski definition) is 4. The summed E-state index contributed by atoms with van der Waals surface area (Å²) in [6.45, 7) is -0.345. The van der Waals surface area contributed by atoms with Gasteiger partial charge in [-0.3, -0.25) is 9.59 Å². The maximum Gasteiger partial charge on any atom is 0.306 e. The van der Waals surface area contributed by atoms with Crippen molar-refractivity contribution in [2.45, 2.75) is 19.3 Å². The summed E-state index contributed by atoms with van der Waals surface area (Å²) in [7, 11) is 0. The monoisotopic (exact) mass is 361 g/mol. The van der Waals surface area contributed by atoms with E-state index in [4.69, 9.17) is 10.00 Å². The molecule has 6 heteroatoms. The number of amides is 1. The lowest BCUT2D eigenvalue weighted by Crippen LogP contribution is -2.20. The number of anilines is 1. The number of nitrogens with one attached hydrogen (secondary N) is 2. The van der Waals surface area contributed by atoms with Crippen molar-refractivity contribution >= 4 is 28.5 Å². The van der Waals surface area contributed by atoms with E-state index in [1.165, 1.54) is 0 Å². The van der Waals surface area contributed by atoms with Gasteiger partial charge in [-0.15, -0.1) is 0 Å². The molecule has 0 unspecified atom stereocenters. The molecule has 0 atom stereocenters. The van der Waals surface area contributed by atoms with Crippen LogP contribution in [0.5, 0.6) is 0 Å². The quantitative estimate of drug-likeness (QED) is 0.629. The van der Waals surface area contributed by atoms with E-state index in [1.807, 2.05) is 36.5 Å². The molecule has 0 saturated carbocycles. The van der Waals surface area contributed by atoms with Gasteiger partial charge in [-0.2, -0.15) is 5.26 Å². The Balaban J connectivity index is 1.40. The zero-order chi connectivity index (χ0) is 19.1. The number of fused-ring (bicyclic) bond motifs is 1. The summed E-state index contributed by atoms with van der Waals surface area (Å²) in [5.41, 5.74) is 3.18. The zero-order valence-corrected chi connectivity index (χ0v) is 14.7. The van der Waals surface area contributed by atoms with Crippen LogP contribution in [0.1, 0.15) is 24.0 Å². The van der Waals surface area contributed by atoms with E-state index >= 15 is 0 Å². The van der Waals surface area contributed by atoms with Crippen LogP contribution < -0.4 is 5.32 Å². The minimum Gasteiger partial charge on any atom is -0.456 e. The number of para-hydroxylation sites is 1. The van der Waals surface area contributed by atoms with Crippen LogP contribution in [0.15, 0.2) is 54.7 Å². The number of benzene rings is 2. The van der Waals surface area contributed by atoms with Crippen LogP contribution in [-0.4, -0.2) is 23.5 Å². The number of hydrogen-bond donors (Lipinski definition) is 2. The highest BCUT2D eigenvalue weighted by molar-refractivity contribution is 5.93. The van der Waals surface area contributed by atoms with Gasteiger partial charge in [-0.1, -0.05) is 24.3 Å². The van der Waals surface area contributed by atoms with Crippen molar-refractivity contribution in [3.63, 3.8) is 0 Å². The fraction of sp³-hybridized carbons (Fsp3) is 0.190. The van der Waals surface area contributed by atoms with Gasteiger partial charge in [0.15, 0.2) is 6.61 Å². The predicted molar refractivity (Wildman–Crippen MR) is 102 cm³/mol. The molecule has 0 aliphatic carbocycles. The number of carbonyl (C=O) groups excluding carboxylic acids is 2. The number of aromatic nitrogens is 1. The van der Waals surface area contributed by atoms with E-state index in [1.54, 1.807) is 24.3 Å². The minimum atomic E-state index is -0.435. The SMILES string of the molecule is N#Cc1cccc(NC(=O)COC(=O)CCCc2c[nH]c3ccccc23)c1. The van der Waals surface area contributed by atoms with Crippen LogP contribution in [0, 0.1) is 11.3 Å². The fourth-order valence-corrected chi connectivity index (χ4v) is 2.84. The average Bonchev–Trinajstić information content (AvgIpc) is 3.10. The molecule has 0 spiro atoms. The van der Waals surface area contributed by atoms with Crippen LogP contribution in [0.3, 0.4) is 0 Å². The van der Waals surface area contributed by atoms with Gasteiger partial charge in [0.1, 0.15) is 0 Å². The maximum atomic E-state index is 11.8. The molecule has 1 aromatic heterocycles. The summed E-state index contributed by atoms with van der Waals surface area (Å²) in [4.78, 5) is 26.9. The molecule has 6 nitrogen and oxygen atoms in total. The predicted octanol–water partition coefficient (Wildman–Crippen LogP) is 3.54. The lowest BCUT2D eigenvalue weighted by atomic mass is 10.1. The number of esters is 1. The Hall–Kier alpha value is -3.59. The van der Waals surface area contributed by atoms with Gasteiger partial charge in [0.2, 0.25) is 0 Å². The van der Waals surface area contributed by atoms with Crippen molar-refractivity contribution in [1.82, 2.24) is 4.98 Å². The standard InChI is InChI=1S/C21H19N3O3/c22-12-15-5-3-7-17(11-15)24-20(25)14-27-21(26)10-4-6-16-13-23-19-9-2-1-8-18(16)19/h1-3,5,7-9,11,13,23H,4,6,10,14H2,(H,24,25). The first-order chi connectivity index (χ1) is 13.2. The second-order valence-electron chi connectivity index (χ2n) is 6.11. The second-order valence-corrected chi connectivity index (χ2v) is 6.11. The van der Waals surface area contributed by atoms with Crippen molar-refractivity contribution in [3.05, 3.63) is 65.9 Å². The third-order valence-corrected chi connectivity index (χ3v) is 4.14. The third-order valence-electron chi connectivity index (χ3n) is 4.14. The molecular weight excluding hydrogens is 342 g/mol. The fourth-order valence-electron chi connectivity index (χ4n) is 2.84. The number of H-pyrrole nitrogens is 1. The van der Waals surface area contributed by atoms with Crippen LogP contribution in [0.2, 0.25) is 0 Å². The Kier molecular flexibility index (Phi) is 5.85. The molecule has 0 bridgehead atoms. The van der Waals surface area contributed by atoms with Gasteiger partial charge < -0.3 is 15.0 Å². The Morgan fingerprint density at radius 3 is 2.85 bits per heavy atom. The van der Waals surface area contributed by atoms with Crippen molar-refractivity contribution in [3.8, 4) is 6.07 Å². The van der Waals surface area contributed by atoms with E-state index in [0.29, 0.717) is 17.7 Å². The molecular formula is C21H19N3O3. The number of nitriles is 1. The Labute approximate surface area is 156 Å². The lowest BCUT2D eigenvalue weighted by Gasteiger charge is -2.07. The number of rotatable bonds is 7. The molecule has 2 N–H and O–H groups in total. The normalized spacial score (nSPS) is 10.3. The van der Waals surface area contributed by atoms with E-state index in [9.17, 15) is 9.59 Å². The van der Waals surface area contributed by atoms with Crippen LogP contribution in [0.4, 0.5) is 5.69 Å². The average molecular weight is 361 g/mol. The lowest BCUT2D eigenvalue weighted by molar-refractivity contribution is -0.147. The number of ether oxygens (including phenoxy) is 1. The van der Waals surface area contributed by atoms with Crippen molar-refractivity contribution in [2.75, 3.05) is 11.9 Å². The first-order valence-corrected chi connectivity index (χ1v) is 8.66. The van der Waals surface area contributed by atoms with Crippen molar-refractivity contribution in [2.24, 2.45) is 0 Å². The molecule has 1 amide bonds. The van der Waals surface area contributed by atoms with Gasteiger partial charge in [0.05, 0.1) is 11.6 Å². The topological polar surface area (TPSA) is 95.0 Å². The first-order valence-electron chi connectivity index (χ1n) is 8.66. The molecule has 1 heterocycles. The highest BCUT2D eigenvalue weighted by atomic mass is 16.5. The molecule has 0 radical (unpaired) electrons. The Morgan fingerprint density at radius 2 is 2.00 bits per heavy atom. The minimum absolute atomic E-state index is 0.247. The molecule has 0 saturated heterocycles. The van der Waals surface area contributed by atoms with E-state index in [-0.39, 0.29) is 13.0 Å². The van der Waals surface area contributed by atoms with E-state index < -0.39 is 11.9 Å². The van der Waals surface area contributed by atoms with Crippen LogP contribution in [0.25, 0.3) is 10.9 Å². The van der Waals surface area contributed by atoms with Crippen molar-refractivity contribution in [1.29, 1.82) is 5.26 Å². The second kappa shape index (κ2) is 8.68. The highest BCUT2D eigenvalue weighted by Crippen LogP contribution is 2.19. The summed E-state index contributed by atoms with van der Waals surface area (Å²) >= 11 is 0. The summed E-state index contributed by atoms with van der Waals surface area (Å²) < 4.78 is 5.02. The van der Waals surface area contributed by atoms with Gasteiger partial charge in [-0.05, 0) is 42.7 Å².